The Labute approximate surface area is 170 Å². The minimum Gasteiger partial charge on any atom is -0.375 e. The van der Waals surface area contributed by atoms with Crippen LogP contribution in [0.5, 0.6) is 0 Å². The summed E-state index contributed by atoms with van der Waals surface area (Å²) in [5.74, 6) is 0.513. The van der Waals surface area contributed by atoms with Crippen molar-refractivity contribution in [1.82, 2.24) is 15.2 Å². The number of hydrogen-bond donors (Lipinski definition) is 2. The zero-order valence-electron chi connectivity index (χ0n) is 17.2. The van der Waals surface area contributed by atoms with Crippen LogP contribution in [0.25, 0.3) is 0 Å². The molecule has 0 aliphatic carbocycles. The number of amides is 1. The highest BCUT2D eigenvalue weighted by Gasteiger charge is 2.13. The van der Waals surface area contributed by atoms with E-state index in [1.165, 1.54) is 5.56 Å². The minimum absolute atomic E-state index is 0.0172. The molecule has 8 heteroatoms. The van der Waals surface area contributed by atoms with Crippen molar-refractivity contribution in [3.8, 4) is 0 Å². The van der Waals surface area contributed by atoms with Gasteiger partial charge >= 0.3 is 0 Å². The molecule has 0 saturated heterocycles. The maximum absolute atomic E-state index is 12.3. The number of nitrogens with one attached hydrogen (secondary N) is 2. The van der Waals surface area contributed by atoms with E-state index in [1.54, 1.807) is 25.5 Å². The average molecular weight is 404 g/mol. The minimum atomic E-state index is -0.118. The van der Waals surface area contributed by atoms with Crippen molar-refractivity contribution in [2.24, 2.45) is 4.99 Å². The number of methoxy groups -OCH3 is 1. The van der Waals surface area contributed by atoms with Crippen molar-refractivity contribution in [3.05, 3.63) is 45.9 Å². The number of carbonyl (C=O) groups excluding carboxylic acids is 1. The van der Waals surface area contributed by atoms with Crippen molar-refractivity contribution in [2.75, 3.05) is 33.1 Å². The van der Waals surface area contributed by atoms with Gasteiger partial charge in [0.25, 0.3) is 0 Å². The second-order valence-corrected chi connectivity index (χ2v) is 7.30. The summed E-state index contributed by atoms with van der Waals surface area (Å²) in [6.07, 6.45) is 0.914. The Balaban J connectivity index is 1.87. The predicted molar refractivity (Wildman–Crippen MR) is 115 cm³/mol. The van der Waals surface area contributed by atoms with Crippen LogP contribution >= 0.6 is 11.3 Å². The fourth-order valence-electron chi connectivity index (χ4n) is 2.62. The lowest BCUT2D eigenvalue weighted by Gasteiger charge is -2.21. The predicted octanol–water partition coefficient (Wildman–Crippen LogP) is 3.06. The van der Waals surface area contributed by atoms with Crippen molar-refractivity contribution in [2.45, 2.75) is 32.9 Å². The molecular formula is C20H29N5O2S. The monoisotopic (exact) mass is 403 g/mol. The van der Waals surface area contributed by atoms with Gasteiger partial charge in [0.05, 0.1) is 18.8 Å². The van der Waals surface area contributed by atoms with E-state index >= 15 is 0 Å². The summed E-state index contributed by atoms with van der Waals surface area (Å²) in [7, 11) is 5.28. The molecule has 1 atom stereocenters. The van der Waals surface area contributed by atoms with Crippen LogP contribution in [-0.4, -0.2) is 49.5 Å². The van der Waals surface area contributed by atoms with Gasteiger partial charge in [-0.05, 0) is 31.0 Å². The molecule has 0 saturated carbocycles. The lowest BCUT2D eigenvalue weighted by atomic mass is 10.1. The Morgan fingerprint density at radius 3 is 2.89 bits per heavy atom. The number of benzene rings is 1. The molecule has 2 aromatic rings. The number of ether oxygens (including phenoxy) is 1. The van der Waals surface area contributed by atoms with E-state index in [9.17, 15) is 4.79 Å². The largest absolute Gasteiger partial charge is 0.375 e. The molecule has 152 valence electrons. The Morgan fingerprint density at radius 1 is 1.43 bits per heavy atom. The van der Waals surface area contributed by atoms with Gasteiger partial charge < -0.3 is 20.3 Å². The van der Waals surface area contributed by atoms with Gasteiger partial charge in [-0.2, -0.15) is 0 Å². The molecule has 0 bridgehead atoms. The van der Waals surface area contributed by atoms with E-state index in [4.69, 9.17) is 4.74 Å². The van der Waals surface area contributed by atoms with Crippen LogP contribution in [0, 0.1) is 0 Å². The Kier molecular flexibility index (Phi) is 8.41. The third kappa shape index (κ3) is 6.31. The first-order valence-corrected chi connectivity index (χ1v) is 10.1. The molecule has 1 amide bonds. The number of thiazole rings is 1. The molecule has 28 heavy (non-hydrogen) atoms. The Bertz CT molecular complexity index is 805. The number of guanidine groups is 1. The quantitative estimate of drug-likeness (QED) is 0.523. The lowest BCUT2D eigenvalue weighted by Crippen LogP contribution is -2.42. The number of aliphatic imine (C=N–C) groups is 1. The van der Waals surface area contributed by atoms with Crippen molar-refractivity contribution in [3.63, 3.8) is 0 Å². The average Bonchev–Trinajstić information content (AvgIpc) is 3.16. The SMILES string of the molecule is CCc1cccc(NC(=O)CNC(=NC)N(C)Cc2csc(C(C)OC)n2)c1. The van der Waals surface area contributed by atoms with Crippen molar-refractivity contribution in [1.29, 1.82) is 0 Å². The van der Waals surface area contributed by atoms with Gasteiger partial charge in [-0.15, -0.1) is 11.3 Å². The van der Waals surface area contributed by atoms with Crippen LogP contribution in [0.3, 0.4) is 0 Å². The smallest absolute Gasteiger partial charge is 0.243 e. The fraction of sp³-hybridized carbons (Fsp3) is 0.450. The molecule has 1 heterocycles. The zero-order valence-corrected chi connectivity index (χ0v) is 18.0. The van der Waals surface area contributed by atoms with Gasteiger partial charge in [-0.25, -0.2) is 4.98 Å². The van der Waals surface area contributed by atoms with Gasteiger partial charge in [0, 0.05) is 32.3 Å². The van der Waals surface area contributed by atoms with Crippen LogP contribution in [0.1, 0.15) is 36.2 Å². The molecule has 0 aliphatic heterocycles. The molecular weight excluding hydrogens is 374 g/mol. The van der Waals surface area contributed by atoms with E-state index in [0.717, 1.165) is 22.8 Å². The van der Waals surface area contributed by atoms with Crippen LogP contribution in [-0.2, 0) is 22.5 Å². The summed E-state index contributed by atoms with van der Waals surface area (Å²) in [6.45, 7) is 4.79. The van der Waals surface area contributed by atoms with Gasteiger partial charge in [0.15, 0.2) is 5.96 Å². The second kappa shape index (κ2) is 10.8. The van der Waals surface area contributed by atoms with Crippen molar-refractivity contribution < 1.29 is 9.53 Å². The van der Waals surface area contributed by atoms with E-state index in [-0.39, 0.29) is 18.6 Å². The highest BCUT2D eigenvalue weighted by molar-refractivity contribution is 7.09. The number of anilines is 1. The second-order valence-electron chi connectivity index (χ2n) is 6.41. The molecule has 2 rings (SSSR count). The standard InChI is InChI=1S/C20H29N5O2S/c1-6-15-8-7-9-16(10-15)23-18(26)11-22-20(21-3)25(4)12-17-13-28-19(24-17)14(2)27-5/h7-10,13-14H,6,11-12H2,1-5H3,(H,21,22)(H,23,26). The maximum atomic E-state index is 12.3. The zero-order chi connectivity index (χ0) is 20.5. The van der Waals surface area contributed by atoms with Crippen LogP contribution in [0.15, 0.2) is 34.6 Å². The Hall–Kier alpha value is -2.45. The molecule has 7 nitrogen and oxygen atoms in total. The van der Waals surface area contributed by atoms with Gasteiger partial charge in [0.2, 0.25) is 5.91 Å². The highest BCUT2D eigenvalue weighted by Crippen LogP contribution is 2.20. The van der Waals surface area contributed by atoms with E-state index in [2.05, 4.69) is 27.5 Å². The van der Waals surface area contributed by atoms with Crippen molar-refractivity contribution >= 4 is 28.9 Å². The van der Waals surface area contributed by atoms with Gasteiger partial charge in [0.1, 0.15) is 11.1 Å². The van der Waals surface area contributed by atoms with E-state index in [0.29, 0.717) is 12.5 Å². The molecule has 1 unspecified atom stereocenters. The first-order valence-electron chi connectivity index (χ1n) is 9.24. The summed E-state index contributed by atoms with van der Waals surface area (Å²) in [5.41, 5.74) is 2.93. The summed E-state index contributed by atoms with van der Waals surface area (Å²) in [4.78, 5) is 23.0. The summed E-state index contributed by atoms with van der Waals surface area (Å²) < 4.78 is 5.31. The van der Waals surface area contributed by atoms with Gasteiger partial charge in [-0.3, -0.25) is 9.79 Å². The third-order valence-electron chi connectivity index (χ3n) is 4.27. The molecule has 2 N–H and O–H groups in total. The lowest BCUT2D eigenvalue weighted by molar-refractivity contribution is -0.115. The molecule has 1 aromatic heterocycles. The number of nitrogens with zero attached hydrogens (tertiary/aromatic N) is 3. The molecule has 1 aromatic carbocycles. The first kappa shape index (κ1) is 21.8. The number of aromatic nitrogens is 1. The number of carbonyl (C=O) groups is 1. The number of hydrogen-bond acceptors (Lipinski definition) is 5. The molecule has 0 fully saturated rings. The summed E-state index contributed by atoms with van der Waals surface area (Å²) in [5, 5.41) is 8.96. The third-order valence-corrected chi connectivity index (χ3v) is 5.32. The summed E-state index contributed by atoms with van der Waals surface area (Å²) in [6, 6.07) is 7.86. The molecule has 0 spiro atoms. The highest BCUT2D eigenvalue weighted by atomic mass is 32.1. The van der Waals surface area contributed by atoms with Crippen LogP contribution in [0.2, 0.25) is 0 Å². The van der Waals surface area contributed by atoms with Crippen LogP contribution in [0.4, 0.5) is 5.69 Å². The first-order chi connectivity index (χ1) is 13.5. The van der Waals surface area contributed by atoms with Crippen LogP contribution < -0.4 is 10.6 Å². The van der Waals surface area contributed by atoms with E-state index < -0.39 is 0 Å². The fourth-order valence-corrected chi connectivity index (χ4v) is 3.46. The maximum Gasteiger partial charge on any atom is 0.243 e. The van der Waals surface area contributed by atoms with Gasteiger partial charge in [-0.1, -0.05) is 19.1 Å². The Morgan fingerprint density at radius 2 is 2.21 bits per heavy atom. The molecule has 0 radical (unpaired) electrons. The topological polar surface area (TPSA) is 78.9 Å². The molecule has 0 aliphatic rings. The normalized spacial score (nSPS) is 12.5. The number of rotatable bonds is 8. The number of aryl methyl sites for hydroxylation is 1. The summed E-state index contributed by atoms with van der Waals surface area (Å²) >= 11 is 1.58. The van der Waals surface area contributed by atoms with E-state index in [1.807, 2.05) is 48.5 Å².